The van der Waals surface area contributed by atoms with E-state index in [1.54, 1.807) is 18.3 Å². The average Bonchev–Trinajstić information content (AvgIpc) is 3.49. The molecule has 0 bridgehead atoms. The zero-order chi connectivity index (χ0) is 24.5. The molecule has 0 atom stereocenters. The standard InChI is InChI=1S/C25H23Cl2N5O2S/c1-31-5-7-32(8-6-31)14-16-3-4-21(34-16)23-11-20-25(35-23)24(15(12-28)13-29-20)30-19-10-22(33-2)18(27)9-17(19)26/h3-4,9-11,13H,5-8,14H2,1-2H3,(H,29,30). The minimum Gasteiger partial charge on any atom is -0.495 e. The number of hydrogen-bond donors (Lipinski definition) is 1. The van der Waals surface area contributed by atoms with E-state index in [-0.39, 0.29) is 0 Å². The Bertz CT molecular complexity index is 1420. The molecule has 1 saturated heterocycles. The van der Waals surface area contributed by atoms with Crippen molar-refractivity contribution in [2.75, 3.05) is 45.7 Å². The number of nitrogens with one attached hydrogen (secondary N) is 1. The molecule has 35 heavy (non-hydrogen) atoms. The van der Waals surface area contributed by atoms with Crippen molar-refractivity contribution in [1.82, 2.24) is 14.8 Å². The van der Waals surface area contributed by atoms with Gasteiger partial charge in [-0.2, -0.15) is 5.26 Å². The molecule has 0 saturated carbocycles. The van der Waals surface area contributed by atoms with Crippen LogP contribution in [0.1, 0.15) is 11.3 Å². The molecule has 4 aromatic rings. The highest BCUT2D eigenvalue weighted by atomic mass is 35.5. The zero-order valence-corrected chi connectivity index (χ0v) is 21.6. The highest BCUT2D eigenvalue weighted by Crippen LogP contribution is 2.42. The molecule has 4 heterocycles. The number of halogens is 2. The van der Waals surface area contributed by atoms with E-state index in [1.165, 1.54) is 18.4 Å². The first-order chi connectivity index (χ1) is 16.9. The van der Waals surface area contributed by atoms with Gasteiger partial charge in [0, 0.05) is 38.4 Å². The normalized spacial score (nSPS) is 14.8. The Kier molecular flexibility index (Phi) is 6.87. The van der Waals surface area contributed by atoms with Gasteiger partial charge in [-0.05, 0) is 31.3 Å². The number of aromatic nitrogens is 1. The molecule has 7 nitrogen and oxygen atoms in total. The number of piperazine rings is 1. The van der Waals surface area contributed by atoms with Crippen LogP contribution in [0, 0.1) is 11.3 Å². The third kappa shape index (κ3) is 4.96. The van der Waals surface area contributed by atoms with Gasteiger partial charge in [0.1, 0.15) is 23.3 Å². The third-order valence-corrected chi connectivity index (χ3v) is 7.81. The van der Waals surface area contributed by atoms with Gasteiger partial charge in [0.25, 0.3) is 0 Å². The van der Waals surface area contributed by atoms with Crippen molar-refractivity contribution in [3.8, 4) is 22.5 Å². The van der Waals surface area contributed by atoms with Crippen LogP contribution in [-0.2, 0) is 6.54 Å². The summed E-state index contributed by atoms with van der Waals surface area (Å²) in [6, 6.07) is 11.5. The maximum absolute atomic E-state index is 9.74. The molecule has 1 fully saturated rings. The first kappa shape index (κ1) is 23.9. The summed E-state index contributed by atoms with van der Waals surface area (Å²) in [5.41, 5.74) is 2.38. The maximum atomic E-state index is 9.74. The SMILES string of the molecule is COc1cc(Nc2c(C#N)cnc3cc(-c4ccc(CN5CCN(C)CC5)o4)sc23)c(Cl)cc1Cl. The van der Waals surface area contributed by atoms with E-state index in [9.17, 15) is 5.26 Å². The quantitative estimate of drug-likeness (QED) is 0.318. The zero-order valence-electron chi connectivity index (χ0n) is 19.3. The van der Waals surface area contributed by atoms with E-state index >= 15 is 0 Å². The van der Waals surface area contributed by atoms with Gasteiger partial charge in [0.2, 0.25) is 0 Å². The molecule has 180 valence electrons. The Labute approximate surface area is 217 Å². The van der Waals surface area contributed by atoms with E-state index < -0.39 is 0 Å². The van der Waals surface area contributed by atoms with Gasteiger partial charge >= 0.3 is 0 Å². The summed E-state index contributed by atoms with van der Waals surface area (Å²) in [6.45, 7) is 4.98. The number of furan rings is 1. The van der Waals surface area contributed by atoms with E-state index in [2.05, 4.69) is 33.2 Å². The van der Waals surface area contributed by atoms with E-state index in [0.29, 0.717) is 32.7 Å². The lowest BCUT2D eigenvalue weighted by atomic mass is 10.2. The minimum absolute atomic E-state index is 0.408. The smallest absolute Gasteiger partial charge is 0.144 e. The van der Waals surface area contributed by atoms with Crippen molar-refractivity contribution < 1.29 is 9.15 Å². The van der Waals surface area contributed by atoms with Crippen LogP contribution in [0.15, 0.2) is 40.9 Å². The van der Waals surface area contributed by atoms with E-state index in [1.807, 2.05) is 18.2 Å². The lowest BCUT2D eigenvalue weighted by Crippen LogP contribution is -2.43. The number of ether oxygens (including phenoxy) is 1. The summed E-state index contributed by atoms with van der Waals surface area (Å²) in [5, 5.41) is 13.9. The van der Waals surface area contributed by atoms with Gasteiger partial charge in [-0.1, -0.05) is 23.2 Å². The van der Waals surface area contributed by atoms with Crippen molar-refractivity contribution in [2.24, 2.45) is 0 Å². The lowest BCUT2D eigenvalue weighted by Gasteiger charge is -2.31. The Balaban J connectivity index is 1.46. The fourth-order valence-corrected chi connectivity index (χ4v) is 5.63. The topological polar surface area (TPSA) is 77.6 Å². The average molecular weight is 528 g/mol. The monoisotopic (exact) mass is 527 g/mol. The Morgan fingerprint density at radius 1 is 1.17 bits per heavy atom. The van der Waals surface area contributed by atoms with Gasteiger partial charge in [0.05, 0.1) is 55.7 Å². The second-order valence-electron chi connectivity index (χ2n) is 8.42. The minimum atomic E-state index is 0.408. The number of benzene rings is 1. The number of anilines is 2. The van der Waals surface area contributed by atoms with Gasteiger partial charge < -0.3 is 19.4 Å². The number of rotatable bonds is 6. The summed E-state index contributed by atoms with van der Waals surface area (Å²) < 4.78 is 12.4. The maximum Gasteiger partial charge on any atom is 0.144 e. The van der Waals surface area contributed by atoms with Crippen LogP contribution >= 0.6 is 34.5 Å². The molecule has 0 amide bonds. The van der Waals surface area contributed by atoms with Gasteiger partial charge in [-0.3, -0.25) is 9.88 Å². The van der Waals surface area contributed by atoms with Crippen LogP contribution in [0.5, 0.6) is 5.75 Å². The van der Waals surface area contributed by atoms with Crippen LogP contribution in [0.2, 0.25) is 10.0 Å². The van der Waals surface area contributed by atoms with Crippen LogP contribution < -0.4 is 10.1 Å². The summed E-state index contributed by atoms with van der Waals surface area (Å²) >= 11 is 14.1. The highest BCUT2D eigenvalue weighted by Gasteiger charge is 2.19. The van der Waals surface area contributed by atoms with Crippen LogP contribution in [0.4, 0.5) is 11.4 Å². The first-order valence-electron chi connectivity index (χ1n) is 11.1. The molecular weight excluding hydrogens is 505 g/mol. The molecule has 0 unspecified atom stereocenters. The molecule has 0 aliphatic carbocycles. The summed E-state index contributed by atoms with van der Waals surface area (Å²) in [7, 11) is 3.69. The number of fused-ring (bicyclic) bond motifs is 1. The molecule has 1 aliphatic heterocycles. The second-order valence-corrected chi connectivity index (χ2v) is 10.3. The number of methoxy groups -OCH3 is 1. The Morgan fingerprint density at radius 3 is 2.71 bits per heavy atom. The van der Waals surface area contributed by atoms with E-state index in [4.69, 9.17) is 32.4 Å². The fourth-order valence-electron chi connectivity index (χ4n) is 4.05. The largest absolute Gasteiger partial charge is 0.495 e. The molecule has 0 radical (unpaired) electrons. The van der Waals surface area contributed by atoms with Crippen molar-refractivity contribution in [2.45, 2.75) is 6.54 Å². The molecule has 1 aliphatic rings. The molecule has 3 aromatic heterocycles. The lowest BCUT2D eigenvalue weighted by molar-refractivity contribution is 0.140. The summed E-state index contributed by atoms with van der Waals surface area (Å²) in [6.07, 6.45) is 1.56. The van der Waals surface area contributed by atoms with Gasteiger partial charge in [-0.15, -0.1) is 11.3 Å². The Hall–Kier alpha value is -2.80. The van der Waals surface area contributed by atoms with Gasteiger partial charge in [0.15, 0.2) is 0 Å². The van der Waals surface area contributed by atoms with Crippen molar-refractivity contribution in [3.63, 3.8) is 0 Å². The number of nitrogens with zero attached hydrogens (tertiary/aromatic N) is 4. The Morgan fingerprint density at radius 2 is 1.97 bits per heavy atom. The molecule has 0 spiro atoms. The van der Waals surface area contributed by atoms with Gasteiger partial charge in [-0.25, -0.2) is 0 Å². The van der Waals surface area contributed by atoms with Crippen molar-refractivity contribution in [1.29, 1.82) is 5.26 Å². The fraction of sp³-hybridized carbons (Fsp3) is 0.280. The van der Waals surface area contributed by atoms with E-state index in [0.717, 1.165) is 59.3 Å². The van der Waals surface area contributed by atoms with Crippen molar-refractivity contribution >= 4 is 56.1 Å². The molecule has 1 N–H and O–H groups in total. The number of pyridine rings is 1. The molecule has 10 heteroatoms. The number of likely N-dealkylation sites (N-methyl/N-ethyl adjacent to an activating group) is 1. The van der Waals surface area contributed by atoms with Crippen LogP contribution in [0.25, 0.3) is 20.9 Å². The number of hydrogen-bond acceptors (Lipinski definition) is 8. The van der Waals surface area contributed by atoms with Crippen molar-refractivity contribution in [3.05, 3.63) is 57.9 Å². The predicted molar refractivity (Wildman–Crippen MR) is 141 cm³/mol. The third-order valence-electron chi connectivity index (χ3n) is 6.04. The predicted octanol–water partition coefficient (Wildman–Crippen LogP) is 6.23. The molecule has 5 rings (SSSR count). The molecular formula is C25H23Cl2N5O2S. The second kappa shape index (κ2) is 10.1. The van der Waals surface area contributed by atoms with Crippen LogP contribution in [0.3, 0.4) is 0 Å². The summed E-state index contributed by atoms with van der Waals surface area (Å²) in [4.78, 5) is 10.2. The number of thiophene rings is 1. The van der Waals surface area contributed by atoms with Crippen LogP contribution in [-0.4, -0.2) is 55.1 Å². The first-order valence-corrected chi connectivity index (χ1v) is 12.6. The molecule has 1 aromatic carbocycles. The highest BCUT2D eigenvalue weighted by molar-refractivity contribution is 7.22. The summed E-state index contributed by atoms with van der Waals surface area (Å²) in [5.74, 6) is 2.21. The number of nitriles is 1.